The number of hydrogen-bond acceptors (Lipinski definition) is 5. The summed E-state index contributed by atoms with van der Waals surface area (Å²) < 4.78 is 7.33. The van der Waals surface area contributed by atoms with E-state index in [-0.39, 0.29) is 0 Å². The van der Waals surface area contributed by atoms with Crippen LogP contribution in [-0.4, -0.2) is 12.6 Å². The van der Waals surface area contributed by atoms with E-state index < -0.39 is 5.97 Å². The molecular weight excluding hydrogens is 268 g/mol. The molecule has 0 saturated carbocycles. The topological polar surface area (TPSA) is 56.2 Å². The Balaban J connectivity index is 2.48. The van der Waals surface area contributed by atoms with Crippen LogP contribution in [0.4, 0.5) is 5.69 Å². The van der Waals surface area contributed by atoms with E-state index in [9.17, 15) is 4.79 Å². The van der Waals surface area contributed by atoms with Gasteiger partial charge in [0.05, 0.1) is 6.61 Å². The van der Waals surface area contributed by atoms with Crippen molar-refractivity contribution in [3.05, 3.63) is 35.5 Å². The molecule has 0 spiro atoms. The molecule has 0 aliphatic heterocycles. The van der Waals surface area contributed by atoms with Gasteiger partial charge in [-0.3, -0.25) is 0 Å². The maximum absolute atomic E-state index is 11.7. The minimum Gasteiger partial charge on any atom is -0.463 e. The average Bonchev–Trinajstić information content (AvgIpc) is 2.66. The van der Waals surface area contributed by atoms with Crippen molar-refractivity contribution in [2.45, 2.75) is 11.1 Å². The van der Waals surface area contributed by atoms with Gasteiger partial charge in [-0.1, -0.05) is 6.07 Å². The van der Waals surface area contributed by atoms with Crippen LogP contribution in [0.15, 0.2) is 34.8 Å². The zero-order valence-corrected chi connectivity index (χ0v) is 11.4. The third-order valence-corrected chi connectivity index (χ3v) is 3.74. The summed E-state index contributed by atoms with van der Waals surface area (Å²) in [7, 11) is 0. The summed E-state index contributed by atoms with van der Waals surface area (Å²) in [4.78, 5) is 12.1. The molecule has 18 heavy (non-hydrogen) atoms. The highest BCUT2D eigenvalue weighted by molar-refractivity contribution is 7.63. The second kappa shape index (κ2) is 5.32. The number of aromatic nitrogens is 1. The van der Waals surface area contributed by atoms with Crippen LogP contribution in [0.3, 0.4) is 0 Å². The third-order valence-electron chi connectivity index (χ3n) is 2.32. The molecule has 0 atom stereocenters. The Labute approximate surface area is 114 Å². The molecule has 2 aromatic rings. The number of nitrogens with zero attached hydrogens (tertiary/aromatic N) is 1. The zero-order chi connectivity index (χ0) is 13.1. The van der Waals surface area contributed by atoms with E-state index in [1.54, 1.807) is 11.5 Å². The number of pyridine rings is 1. The van der Waals surface area contributed by atoms with Gasteiger partial charge in [0.2, 0.25) is 5.69 Å². The van der Waals surface area contributed by atoms with Gasteiger partial charge >= 0.3 is 5.97 Å². The van der Waals surface area contributed by atoms with E-state index in [2.05, 4.69) is 0 Å². The number of anilines is 1. The van der Waals surface area contributed by atoms with E-state index in [0.29, 0.717) is 27.1 Å². The largest absolute Gasteiger partial charge is 0.463 e. The standard InChI is InChI=1S/C12H12N2O2S2/c1-2-16-11(15)10-8(13)9(12(17)18-10)14-6-4-3-5-7-14/h3-7H,2H2,1H3,(H2-,13,15,17). The number of ether oxygens (including phenoxy) is 1. The summed E-state index contributed by atoms with van der Waals surface area (Å²) in [5.41, 5.74) is 7.03. The molecule has 0 saturated heterocycles. The van der Waals surface area contributed by atoms with Crippen LogP contribution in [-0.2, 0) is 17.4 Å². The van der Waals surface area contributed by atoms with Gasteiger partial charge in [0, 0.05) is 17.0 Å². The highest BCUT2D eigenvalue weighted by atomic mass is 32.2. The van der Waals surface area contributed by atoms with Gasteiger partial charge in [-0.05, 0) is 11.1 Å². The Kier molecular flexibility index (Phi) is 3.78. The number of carbonyl (C=O) groups is 1. The van der Waals surface area contributed by atoms with Gasteiger partial charge in [-0.15, -0.1) is 0 Å². The van der Waals surface area contributed by atoms with E-state index in [1.807, 2.05) is 30.6 Å². The second-order valence-electron chi connectivity index (χ2n) is 3.48. The van der Waals surface area contributed by atoms with Crippen molar-refractivity contribution in [3.63, 3.8) is 0 Å². The number of esters is 1. The zero-order valence-electron chi connectivity index (χ0n) is 9.75. The maximum atomic E-state index is 11.7. The van der Waals surface area contributed by atoms with Crippen LogP contribution in [0.5, 0.6) is 0 Å². The Morgan fingerprint density at radius 3 is 2.72 bits per heavy atom. The first-order valence-electron chi connectivity index (χ1n) is 5.38. The van der Waals surface area contributed by atoms with Crippen LogP contribution in [0.1, 0.15) is 16.6 Å². The second-order valence-corrected chi connectivity index (χ2v) is 5.17. The molecule has 2 rings (SSSR count). The lowest BCUT2D eigenvalue weighted by atomic mass is 10.3. The number of hydrogen-bond donors (Lipinski definition) is 1. The smallest absolute Gasteiger partial charge is 0.331 e. The predicted octanol–water partition coefficient (Wildman–Crippen LogP) is 1.69. The predicted molar refractivity (Wildman–Crippen MR) is 71.9 cm³/mol. The molecular formula is C12H12N2O2S2. The first-order valence-corrected chi connectivity index (χ1v) is 6.60. The molecule has 0 aliphatic carbocycles. The summed E-state index contributed by atoms with van der Waals surface area (Å²) in [5, 5.41) is 0. The highest BCUT2D eigenvalue weighted by Crippen LogP contribution is 2.31. The van der Waals surface area contributed by atoms with E-state index in [1.165, 1.54) is 11.3 Å². The molecule has 6 heteroatoms. The van der Waals surface area contributed by atoms with Gasteiger partial charge in [0.15, 0.2) is 12.4 Å². The summed E-state index contributed by atoms with van der Waals surface area (Å²) in [6, 6.07) is 5.64. The molecule has 0 fully saturated rings. The van der Waals surface area contributed by atoms with Crippen molar-refractivity contribution in [2.75, 3.05) is 12.3 Å². The molecule has 0 radical (unpaired) electrons. The molecule has 0 aromatic carbocycles. The Morgan fingerprint density at radius 1 is 1.44 bits per heavy atom. The minimum atomic E-state index is -0.422. The van der Waals surface area contributed by atoms with Crippen molar-refractivity contribution in [3.8, 4) is 5.69 Å². The normalized spacial score (nSPS) is 10.3. The van der Waals surface area contributed by atoms with E-state index in [4.69, 9.17) is 23.1 Å². The fourth-order valence-electron chi connectivity index (χ4n) is 1.55. The minimum absolute atomic E-state index is 0.316. The van der Waals surface area contributed by atoms with Gasteiger partial charge in [-0.2, -0.15) is 4.57 Å². The molecule has 4 nitrogen and oxygen atoms in total. The average molecular weight is 280 g/mol. The van der Waals surface area contributed by atoms with Crippen LogP contribution in [0.2, 0.25) is 0 Å². The lowest BCUT2D eigenvalue weighted by Gasteiger charge is -2.02. The molecule has 0 aliphatic rings. The van der Waals surface area contributed by atoms with Crippen LogP contribution in [0.25, 0.3) is 5.69 Å². The lowest BCUT2D eigenvalue weighted by molar-refractivity contribution is -0.596. The van der Waals surface area contributed by atoms with Gasteiger partial charge < -0.3 is 34.4 Å². The molecule has 0 bridgehead atoms. The van der Waals surface area contributed by atoms with Crippen LogP contribution >= 0.6 is 11.3 Å². The van der Waals surface area contributed by atoms with Crippen LogP contribution in [0, 0.1) is 0 Å². The fraction of sp³-hybridized carbons (Fsp3) is 0.167. The Morgan fingerprint density at radius 2 is 2.11 bits per heavy atom. The van der Waals surface area contributed by atoms with Crippen molar-refractivity contribution < 1.29 is 14.1 Å². The number of carbonyl (C=O) groups excluding carboxylic acids is 1. The van der Waals surface area contributed by atoms with Crippen molar-refractivity contribution in [1.29, 1.82) is 0 Å². The lowest BCUT2D eigenvalue weighted by Crippen LogP contribution is -2.30. The summed E-state index contributed by atoms with van der Waals surface area (Å²) in [5.74, 6) is -0.422. The highest BCUT2D eigenvalue weighted by Gasteiger charge is 2.20. The van der Waals surface area contributed by atoms with Gasteiger partial charge in [0.25, 0.3) is 0 Å². The van der Waals surface area contributed by atoms with Crippen molar-refractivity contribution >= 4 is 35.6 Å². The van der Waals surface area contributed by atoms with E-state index in [0.717, 1.165) is 0 Å². The third kappa shape index (κ3) is 2.30. The first-order chi connectivity index (χ1) is 8.65. The van der Waals surface area contributed by atoms with Crippen molar-refractivity contribution in [1.82, 2.24) is 0 Å². The molecule has 94 valence electrons. The summed E-state index contributed by atoms with van der Waals surface area (Å²) in [6.07, 6.45) is 3.67. The first kappa shape index (κ1) is 12.8. The quantitative estimate of drug-likeness (QED) is 0.528. The van der Waals surface area contributed by atoms with Crippen LogP contribution < -0.4 is 10.3 Å². The van der Waals surface area contributed by atoms with Gasteiger partial charge in [0.1, 0.15) is 5.69 Å². The number of rotatable bonds is 3. The Hall–Kier alpha value is -1.66. The monoisotopic (exact) mass is 280 g/mol. The summed E-state index contributed by atoms with van der Waals surface area (Å²) in [6.45, 7) is 2.07. The maximum Gasteiger partial charge on any atom is 0.331 e. The molecule has 2 aromatic heterocycles. The fourth-order valence-corrected chi connectivity index (χ4v) is 2.87. The molecule has 0 amide bonds. The number of thiophene rings is 1. The number of nitrogen functional groups attached to an aromatic ring is 1. The molecule has 2 N–H and O–H groups in total. The van der Waals surface area contributed by atoms with Crippen molar-refractivity contribution in [2.24, 2.45) is 0 Å². The molecule has 2 heterocycles. The summed E-state index contributed by atoms with van der Waals surface area (Å²) >= 11 is 6.43. The van der Waals surface area contributed by atoms with E-state index >= 15 is 0 Å². The molecule has 0 unspecified atom stereocenters. The number of nitrogens with two attached hydrogens (primary N) is 1. The van der Waals surface area contributed by atoms with Gasteiger partial charge in [-0.25, -0.2) is 4.79 Å². The SMILES string of the molecule is CCOC(=O)c1sc([S-])c(-[n+]2ccccc2)c1N. The Bertz CT molecular complexity index is 567.